The highest BCUT2D eigenvalue weighted by atomic mass is 35.6. The first kappa shape index (κ1) is 32.6. The molecule has 16 heteroatoms. The molecule has 1 nitrogen and oxygen atoms in total. The van der Waals surface area contributed by atoms with Gasteiger partial charge in [0.1, 0.15) is 0 Å². The van der Waals surface area contributed by atoms with E-state index in [4.69, 9.17) is 174 Å². The fourth-order valence-electron chi connectivity index (χ4n) is 2.45. The summed E-state index contributed by atoms with van der Waals surface area (Å²) in [4.78, 5) is 0. The van der Waals surface area contributed by atoms with Gasteiger partial charge in [-0.3, -0.25) is 0 Å². The molecule has 0 saturated carbocycles. The summed E-state index contributed by atoms with van der Waals surface area (Å²) in [6, 6.07) is 2.28. The average molecular weight is 737 g/mol. The van der Waals surface area contributed by atoms with Crippen LogP contribution >= 0.6 is 174 Å². The minimum Gasteiger partial charge on any atom is -0.386 e. The predicted octanol–water partition coefficient (Wildman–Crippen LogP) is 10.9. The van der Waals surface area contributed by atoms with E-state index in [1.807, 2.05) is 0 Å². The van der Waals surface area contributed by atoms with Gasteiger partial charge in [-0.25, -0.2) is 0 Å². The molecule has 0 saturated heterocycles. The van der Waals surface area contributed by atoms with E-state index in [1.54, 1.807) is 0 Å². The van der Waals surface area contributed by atoms with Gasteiger partial charge in [-0.1, -0.05) is 174 Å². The Hall–Kier alpha value is 3.53. The van der Waals surface area contributed by atoms with Crippen LogP contribution in [0.1, 0.15) is 36.1 Å². The molecule has 0 atom stereocenters. The van der Waals surface area contributed by atoms with Gasteiger partial charge in [-0.05, 0) is 48.2 Å². The first-order chi connectivity index (χ1) is 13.2. The molecule has 0 aliphatic carbocycles. The van der Waals surface area contributed by atoms with Crippen molar-refractivity contribution in [1.29, 1.82) is 0 Å². The molecule has 0 heterocycles. The van der Waals surface area contributed by atoms with E-state index >= 15 is 0 Å². The zero-order valence-electron chi connectivity index (χ0n) is 14.8. The minimum atomic E-state index is -2.38. The Balaban J connectivity index is 4.37. The lowest BCUT2D eigenvalue weighted by atomic mass is 9.84. The molecule has 0 fully saturated rings. The summed E-state index contributed by atoms with van der Waals surface area (Å²) in [6.07, 6.45) is 0. The largest absolute Gasteiger partial charge is 0.386 e. The van der Waals surface area contributed by atoms with Gasteiger partial charge in [0.2, 0.25) is 11.4 Å². The molecule has 0 unspecified atom stereocenters. The van der Waals surface area contributed by atoms with Gasteiger partial charge in [0.25, 0.3) is 0 Å². The molecule has 1 aromatic rings. The third kappa shape index (κ3) is 6.70. The zero-order valence-corrected chi connectivity index (χ0v) is 26.1. The van der Waals surface area contributed by atoms with E-state index in [9.17, 15) is 5.11 Å². The van der Waals surface area contributed by atoms with Crippen molar-refractivity contribution in [1.82, 2.24) is 0 Å². The van der Waals surface area contributed by atoms with Crippen LogP contribution in [0, 0.1) is 0 Å². The highest BCUT2D eigenvalue weighted by Gasteiger charge is 2.56. The van der Waals surface area contributed by atoms with Crippen LogP contribution in [0.4, 0.5) is 0 Å². The number of hydrogen-bond acceptors (Lipinski definition) is 1. The van der Waals surface area contributed by atoms with E-state index in [0.29, 0.717) is 0 Å². The fourth-order valence-corrected chi connectivity index (χ4v) is 4.20. The van der Waals surface area contributed by atoms with Gasteiger partial charge in [-0.2, -0.15) is 0 Å². The van der Waals surface area contributed by atoms with E-state index < -0.39 is 30.0 Å². The lowest BCUT2D eigenvalue weighted by Crippen LogP contribution is -2.39. The lowest BCUT2D eigenvalue weighted by molar-refractivity contribution is 0.0760. The second-order valence-corrected chi connectivity index (χ2v) is 17.5. The van der Waals surface area contributed by atoms with Crippen LogP contribution in [-0.4, -0.2) is 16.5 Å². The number of halogens is 15. The molecule has 0 aliphatic rings. The summed E-state index contributed by atoms with van der Waals surface area (Å²) >= 11 is 92.0. The molecule has 0 amide bonds. The number of rotatable bonds is 4. The first-order valence-corrected chi connectivity index (χ1v) is 13.1. The summed E-state index contributed by atoms with van der Waals surface area (Å²) in [5.41, 5.74) is -2.70. The van der Waals surface area contributed by atoms with Crippen molar-refractivity contribution >= 4 is 174 Å². The second kappa shape index (κ2) is 10.0. The Morgan fingerprint density at radius 3 is 0.968 bits per heavy atom. The Labute approximate surface area is 254 Å². The van der Waals surface area contributed by atoms with Crippen molar-refractivity contribution in [3.8, 4) is 0 Å². The summed E-state index contributed by atoms with van der Waals surface area (Å²) < 4.78 is -14.1. The SMILES string of the molecule is CC(C)(O)c1c(C(Cl)(Cl)C(Cl)(Cl)Cl)cc(C(Cl)(Cl)C(Cl)(Cl)Cl)cc1C(Cl)(Cl)C(Cl)(Cl)Cl. The number of hydrogen-bond donors (Lipinski definition) is 1. The molecule has 0 bridgehead atoms. The summed E-state index contributed by atoms with van der Waals surface area (Å²) in [6.45, 7) is 2.64. The standard InChI is InChI=1S/C15H9Cl15O/c1-9(2,31)8-6(11(18,19)14(25,26)27)3-5(10(16,17)13(22,23)24)4-7(8)12(20,21)15(28,29)30/h3-4,31H,1-2H3. The van der Waals surface area contributed by atoms with E-state index in [1.165, 1.54) is 13.8 Å². The second-order valence-electron chi connectivity index (χ2n) is 6.72. The Kier molecular flexibility index (Phi) is 10.5. The topological polar surface area (TPSA) is 20.2 Å². The van der Waals surface area contributed by atoms with Crippen LogP contribution in [0.15, 0.2) is 12.1 Å². The minimum absolute atomic E-state index is 0.169. The van der Waals surface area contributed by atoms with Crippen LogP contribution in [0.5, 0.6) is 0 Å². The Morgan fingerprint density at radius 1 is 0.516 bits per heavy atom. The number of alkyl halides is 15. The molecule has 0 spiro atoms. The third-order valence-electron chi connectivity index (χ3n) is 3.86. The highest BCUT2D eigenvalue weighted by Crippen LogP contribution is 2.62. The number of benzene rings is 1. The summed E-state index contributed by atoms with van der Waals surface area (Å²) in [5, 5.41) is 10.9. The Morgan fingerprint density at radius 2 is 0.774 bits per heavy atom. The first-order valence-electron chi connectivity index (χ1n) is 7.46. The fraction of sp³-hybridized carbons (Fsp3) is 0.600. The molecule has 1 aromatic carbocycles. The van der Waals surface area contributed by atoms with Crippen LogP contribution in [0.2, 0.25) is 0 Å². The van der Waals surface area contributed by atoms with Gasteiger partial charge >= 0.3 is 0 Å². The van der Waals surface area contributed by atoms with Crippen LogP contribution < -0.4 is 0 Å². The van der Waals surface area contributed by atoms with Crippen molar-refractivity contribution in [2.45, 2.75) is 43.8 Å². The van der Waals surface area contributed by atoms with Crippen molar-refractivity contribution in [3.05, 3.63) is 34.4 Å². The molecule has 0 radical (unpaired) electrons. The van der Waals surface area contributed by atoms with Crippen molar-refractivity contribution in [2.75, 3.05) is 0 Å². The van der Waals surface area contributed by atoms with E-state index in [2.05, 4.69) is 0 Å². The van der Waals surface area contributed by atoms with Crippen molar-refractivity contribution in [2.24, 2.45) is 0 Å². The van der Waals surface area contributed by atoms with Crippen LogP contribution in [-0.2, 0) is 18.6 Å². The molecule has 1 N–H and O–H groups in total. The molecule has 0 aromatic heterocycles. The van der Waals surface area contributed by atoms with E-state index in [-0.39, 0.29) is 22.3 Å². The van der Waals surface area contributed by atoms with Gasteiger partial charge in [0.05, 0.1) is 5.60 Å². The monoisotopic (exact) mass is 730 g/mol. The molecule has 180 valence electrons. The molecule has 31 heavy (non-hydrogen) atoms. The van der Waals surface area contributed by atoms with Crippen LogP contribution in [0.3, 0.4) is 0 Å². The molecular formula is C15H9Cl15O. The van der Waals surface area contributed by atoms with Gasteiger partial charge in [0.15, 0.2) is 13.0 Å². The maximum absolute atomic E-state index is 10.9. The normalized spacial score (nSPS) is 15.4. The molecule has 0 aliphatic heterocycles. The maximum Gasteiger partial charge on any atom is 0.227 e. The van der Waals surface area contributed by atoms with Crippen LogP contribution in [0.25, 0.3) is 0 Å². The lowest BCUT2D eigenvalue weighted by Gasteiger charge is -2.40. The molecular weight excluding hydrogens is 728 g/mol. The van der Waals surface area contributed by atoms with E-state index in [0.717, 1.165) is 12.1 Å². The van der Waals surface area contributed by atoms with Crippen molar-refractivity contribution < 1.29 is 5.11 Å². The third-order valence-corrected chi connectivity index (χ3v) is 11.1. The average Bonchev–Trinajstić information content (AvgIpc) is 2.49. The van der Waals surface area contributed by atoms with Gasteiger partial charge < -0.3 is 5.11 Å². The predicted molar refractivity (Wildman–Crippen MR) is 143 cm³/mol. The van der Waals surface area contributed by atoms with Crippen molar-refractivity contribution in [3.63, 3.8) is 0 Å². The summed E-state index contributed by atoms with van der Waals surface area (Å²) in [7, 11) is 0. The molecule has 1 rings (SSSR count). The smallest absolute Gasteiger partial charge is 0.227 e. The summed E-state index contributed by atoms with van der Waals surface area (Å²) in [5.74, 6) is 0. The number of aliphatic hydroxyl groups is 1. The van der Waals surface area contributed by atoms with Gasteiger partial charge in [-0.15, -0.1) is 0 Å². The Bertz CT molecular complexity index is 774. The highest BCUT2D eigenvalue weighted by molar-refractivity contribution is 6.77. The van der Waals surface area contributed by atoms with Gasteiger partial charge in [0, 0.05) is 0 Å². The zero-order chi connectivity index (χ0) is 25.2. The quantitative estimate of drug-likeness (QED) is 0.305. The maximum atomic E-state index is 10.9.